The highest BCUT2D eigenvalue weighted by atomic mass is 19.1. The molecule has 0 radical (unpaired) electrons. The minimum atomic E-state index is -1.40. The maximum Gasteiger partial charge on any atom is 0.341 e. The molecule has 0 saturated carbocycles. The Bertz CT molecular complexity index is 1510. The van der Waals surface area contributed by atoms with Crippen molar-refractivity contribution < 1.29 is 28.9 Å². The van der Waals surface area contributed by atoms with Crippen LogP contribution in [0.3, 0.4) is 0 Å². The summed E-state index contributed by atoms with van der Waals surface area (Å²) < 4.78 is 28.3. The van der Waals surface area contributed by atoms with E-state index in [0.717, 1.165) is 18.9 Å². The average molecular weight is 520 g/mol. The van der Waals surface area contributed by atoms with E-state index in [0.29, 0.717) is 41.7 Å². The van der Waals surface area contributed by atoms with Crippen molar-refractivity contribution in [3.63, 3.8) is 0 Å². The van der Waals surface area contributed by atoms with Crippen LogP contribution in [0, 0.1) is 5.82 Å². The Kier molecular flexibility index (Phi) is 7.23. The zero-order chi connectivity index (χ0) is 26.6. The van der Waals surface area contributed by atoms with Crippen LogP contribution in [0.25, 0.3) is 16.6 Å². The van der Waals surface area contributed by atoms with Crippen molar-refractivity contribution >= 4 is 22.6 Å². The highest BCUT2D eigenvalue weighted by molar-refractivity contribution is 5.94. The molecule has 196 valence electrons. The van der Waals surface area contributed by atoms with Gasteiger partial charge in [0.1, 0.15) is 30.3 Å². The van der Waals surface area contributed by atoms with E-state index in [9.17, 15) is 14.7 Å². The van der Waals surface area contributed by atoms with Crippen LogP contribution in [-0.2, 0) is 0 Å². The van der Waals surface area contributed by atoms with Gasteiger partial charge in [-0.2, -0.15) is 0 Å². The first-order chi connectivity index (χ1) is 18.5. The van der Waals surface area contributed by atoms with Gasteiger partial charge in [-0.15, -0.1) is 0 Å². The smallest absolute Gasteiger partial charge is 0.341 e. The molecular weight excluding hydrogens is 493 g/mol. The fraction of sp³-hybridized carbons (Fsp3) is 0.250. The topological polar surface area (TPSA) is 114 Å². The van der Waals surface area contributed by atoms with E-state index in [1.807, 2.05) is 11.0 Å². The predicted octanol–water partition coefficient (Wildman–Crippen LogP) is 3.64. The molecule has 1 aliphatic heterocycles. The summed E-state index contributed by atoms with van der Waals surface area (Å²) in [4.78, 5) is 30.9. The molecule has 0 amide bonds. The summed E-state index contributed by atoms with van der Waals surface area (Å²) in [5.41, 5.74) is 0.0185. The van der Waals surface area contributed by atoms with Gasteiger partial charge in [0.15, 0.2) is 0 Å². The van der Waals surface area contributed by atoms with Gasteiger partial charge < -0.3 is 29.2 Å². The van der Waals surface area contributed by atoms with Gasteiger partial charge in [0.2, 0.25) is 11.3 Å². The molecule has 0 unspecified atom stereocenters. The number of hydrogen-bond donors (Lipinski definition) is 2. The number of rotatable bonds is 9. The lowest BCUT2D eigenvalue weighted by Crippen LogP contribution is -2.35. The highest BCUT2D eigenvalue weighted by Gasteiger charge is 2.29. The van der Waals surface area contributed by atoms with Gasteiger partial charge in [0, 0.05) is 36.1 Å². The number of aliphatic hydroxyl groups excluding tert-OH is 1. The highest BCUT2D eigenvalue weighted by Crippen LogP contribution is 2.32. The Labute approximate surface area is 217 Å². The van der Waals surface area contributed by atoms with Gasteiger partial charge in [0.25, 0.3) is 0 Å². The van der Waals surface area contributed by atoms with E-state index < -0.39 is 22.8 Å². The quantitative estimate of drug-likeness (QED) is 0.345. The third-order valence-electron chi connectivity index (χ3n) is 6.53. The Morgan fingerprint density at radius 3 is 2.66 bits per heavy atom. The third kappa shape index (κ3) is 5.03. The predicted molar refractivity (Wildman–Crippen MR) is 139 cm³/mol. The molecule has 5 rings (SSSR count). The molecule has 38 heavy (non-hydrogen) atoms. The summed E-state index contributed by atoms with van der Waals surface area (Å²) in [7, 11) is 0. The lowest BCUT2D eigenvalue weighted by molar-refractivity contribution is 0.0695. The molecule has 9 nitrogen and oxygen atoms in total. The molecule has 0 bridgehead atoms. The zero-order valence-corrected chi connectivity index (χ0v) is 20.4. The molecule has 2 aromatic carbocycles. The second-order valence-corrected chi connectivity index (χ2v) is 8.90. The first kappa shape index (κ1) is 25.2. The maximum atomic E-state index is 15.5. The van der Waals surface area contributed by atoms with E-state index in [-0.39, 0.29) is 24.6 Å². The zero-order valence-electron chi connectivity index (χ0n) is 20.4. The van der Waals surface area contributed by atoms with Gasteiger partial charge in [0.05, 0.1) is 23.9 Å². The van der Waals surface area contributed by atoms with Crippen molar-refractivity contribution in [1.82, 2.24) is 9.55 Å². The number of hydrogen-bond acceptors (Lipinski definition) is 7. The van der Waals surface area contributed by atoms with Crippen LogP contribution in [0.4, 0.5) is 10.1 Å². The van der Waals surface area contributed by atoms with Crippen LogP contribution in [-0.4, -0.2) is 58.1 Å². The summed E-state index contributed by atoms with van der Waals surface area (Å²) in [6.07, 6.45) is 4.53. The Morgan fingerprint density at radius 1 is 1.13 bits per heavy atom. The number of aromatic nitrogens is 2. The monoisotopic (exact) mass is 519 g/mol. The summed E-state index contributed by atoms with van der Waals surface area (Å²) in [5, 5.41) is 18.6. The summed E-state index contributed by atoms with van der Waals surface area (Å²) in [6, 6.07) is 14.7. The van der Waals surface area contributed by atoms with E-state index in [1.54, 1.807) is 53.2 Å². The van der Waals surface area contributed by atoms with E-state index in [2.05, 4.69) is 4.98 Å². The standard InChI is InChI=1S/C28H26FN3O6/c29-23-14-21-24(15-25(23)31-11-3-4-19(31)17-38-26-5-1-2-10-30-26)32(16-22(27(21)34)28(35)36)18-6-8-20(9-7-18)37-13-12-33/h1-2,5-10,14-16,19,33H,3-4,11-13,17H2,(H,35,36)/t19-/m1/s1. The van der Waals surface area contributed by atoms with Gasteiger partial charge in [-0.25, -0.2) is 14.2 Å². The minimum Gasteiger partial charge on any atom is -0.491 e. The van der Waals surface area contributed by atoms with Crippen LogP contribution in [0.1, 0.15) is 23.2 Å². The minimum absolute atomic E-state index is 0.0350. The van der Waals surface area contributed by atoms with Crippen molar-refractivity contribution in [2.24, 2.45) is 0 Å². The van der Waals surface area contributed by atoms with E-state index in [1.165, 1.54) is 6.20 Å². The Balaban J connectivity index is 1.56. The number of ether oxygens (including phenoxy) is 2. The Hall–Kier alpha value is -4.44. The number of halogens is 1. The molecule has 2 N–H and O–H groups in total. The van der Waals surface area contributed by atoms with Crippen LogP contribution < -0.4 is 19.8 Å². The van der Waals surface area contributed by atoms with Crippen LogP contribution in [0.5, 0.6) is 11.6 Å². The van der Waals surface area contributed by atoms with Gasteiger partial charge in [-0.1, -0.05) is 6.07 Å². The number of carboxylic acids is 1. The fourth-order valence-corrected chi connectivity index (χ4v) is 4.73. The molecule has 0 aliphatic carbocycles. The molecule has 1 aliphatic rings. The van der Waals surface area contributed by atoms with Crippen LogP contribution >= 0.6 is 0 Å². The molecule has 3 heterocycles. The van der Waals surface area contributed by atoms with Gasteiger partial charge >= 0.3 is 5.97 Å². The average Bonchev–Trinajstić information content (AvgIpc) is 3.40. The summed E-state index contributed by atoms with van der Waals surface area (Å²) in [5.74, 6) is -1.00. The van der Waals surface area contributed by atoms with E-state index >= 15 is 4.39 Å². The Morgan fingerprint density at radius 2 is 1.95 bits per heavy atom. The summed E-state index contributed by atoms with van der Waals surface area (Å²) in [6.45, 7) is 0.918. The largest absolute Gasteiger partial charge is 0.491 e. The number of nitrogens with zero attached hydrogens (tertiary/aromatic N) is 3. The molecule has 4 aromatic rings. The summed E-state index contributed by atoms with van der Waals surface area (Å²) >= 11 is 0. The normalized spacial score (nSPS) is 15.1. The first-order valence-corrected chi connectivity index (χ1v) is 12.2. The molecular formula is C28H26FN3O6. The number of benzene rings is 2. The van der Waals surface area contributed by atoms with Crippen molar-refractivity contribution in [1.29, 1.82) is 0 Å². The second kappa shape index (κ2) is 10.9. The molecule has 1 atom stereocenters. The molecule has 1 fully saturated rings. The molecule has 1 saturated heterocycles. The van der Waals surface area contributed by atoms with Gasteiger partial charge in [-0.05, 0) is 55.3 Å². The molecule has 0 spiro atoms. The number of pyridine rings is 2. The van der Waals surface area contributed by atoms with E-state index in [4.69, 9.17) is 14.6 Å². The number of carbonyl (C=O) groups is 1. The van der Waals surface area contributed by atoms with Crippen molar-refractivity contribution in [2.45, 2.75) is 18.9 Å². The lowest BCUT2D eigenvalue weighted by atomic mass is 10.1. The molecule has 2 aromatic heterocycles. The number of aromatic carboxylic acids is 1. The number of aliphatic hydroxyl groups is 1. The first-order valence-electron chi connectivity index (χ1n) is 12.2. The lowest BCUT2D eigenvalue weighted by Gasteiger charge is -2.27. The van der Waals surface area contributed by atoms with Gasteiger partial charge in [-0.3, -0.25) is 4.79 Å². The van der Waals surface area contributed by atoms with Crippen molar-refractivity contribution in [3.05, 3.63) is 88.6 Å². The number of anilines is 1. The van der Waals surface area contributed by atoms with Crippen LogP contribution in [0.15, 0.2) is 71.8 Å². The maximum absolute atomic E-state index is 15.5. The van der Waals surface area contributed by atoms with Crippen molar-refractivity contribution in [2.75, 3.05) is 31.3 Å². The fourth-order valence-electron chi connectivity index (χ4n) is 4.73. The van der Waals surface area contributed by atoms with Crippen LogP contribution in [0.2, 0.25) is 0 Å². The number of fused-ring (bicyclic) bond motifs is 1. The number of carboxylic acid groups (broad SMARTS) is 1. The second-order valence-electron chi connectivity index (χ2n) is 8.90. The SMILES string of the molecule is O=C(O)c1cn(-c2ccc(OCCO)cc2)c2cc(N3CCC[C@@H]3COc3ccccn3)c(F)cc2c1=O. The van der Waals surface area contributed by atoms with Crippen molar-refractivity contribution in [3.8, 4) is 17.3 Å². The molecule has 10 heteroatoms. The third-order valence-corrected chi connectivity index (χ3v) is 6.53.